The third-order valence-corrected chi connectivity index (χ3v) is 14.7. The van der Waals surface area contributed by atoms with Gasteiger partial charge < -0.3 is 40.8 Å². The molecular formula is C55H58FN7O14. The van der Waals surface area contributed by atoms with Gasteiger partial charge in [-0.1, -0.05) is 43.7 Å². The van der Waals surface area contributed by atoms with E-state index in [2.05, 4.69) is 21.3 Å². The molecule has 4 aromatic rings. The number of nitrogens with one attached hydrogen (secondary N) is 4. The first-order valence-corrected chi connectivity index (χ1v) is 25.6. The van der Waals surface area contributed by atoms with Crippen LogP contribution in [-0.2, 0) is 84.3 Å². The third kappa shape index (κ3) is 11.9. The molecule has 4 aliphatic rings. The Morgan fingerprint density at radius 3 is 2.32 bits per heavy atom. The van der Waals surface area contributed by atoms with Crippen LogP contribution in [0.2, 0.25) is 0 Å². The second-order valence-electron chi connectivity index (χ2n) is 19.8. The van der Waals surface area contributed by atoms with E-state index < -0.39 is 126 Å². The number of carbonyl (C=O) groups is 10. The number of Topliss-reactive ketones (excluding diaryl/α,β-unsaturated/α-hetero) is 2. The Balaban J connectivity index is 0.875. The standard InChI is InChI=1S/C55H58FN7O14/c1-3-55(76)36-22-41-51-34(27-63(41)53(74)35(36)28-77-54(55)75)50-38(14-13-33-29(2)37(56)23-40(61-51)49(33)50)59-45(68)26-58-52(73)31(20-30-10-6-4-7-11-30)21-32(64)25-57-43(66)16-15-42(65)39(24-48(71)72)60-44(67)12-8-5-9-19-62-46(69)17-18-47(62)70/h4,6-7,10-11,17-18,22-23,31,38-39,76H,3,5,8-9,12-16,19-21,24-28H2,1-2H3,(H,57,66)(H,58,73)(H,59,68)(H,60,67)(H,71,72)/t31-,38+,39-,55+/m1/s1. The molecule has 0 saturated heterocycles. The quantitative estimate of drug-likeness (QED) is 0.0294. The van der Waals surface area contributed by atoms with Crippen molar-refractivity contribution < 1.29 is 67.3 Å². The summed E-state index contributed by atoms with van der Waals surface area (Å²) < 4.78 is 22.2. The van der Waals surface area contributed by atoms with Crippen molar-refractivity contribution in [1.29, 1.82) is 0 Å². The highest BCUT2D eigenvalue weighted by atomic mass is 19.1. The van der Waals surface area contributed by atoms with Crippen molar-refractivity contribution >= 4 is 69.9 Å². The molecule has 0 radical (unpaired) electrons. The fraction of sp³-hybridized carbons (Fsp3) is 0.418. The van der Waals surface area contributed by atoms with Crippen LogP contribution >= 0.6 is 0 Å². The molecular weight excluding hydrogens is 1000 g/mol. The number of imide groups is 1. The number of ether oxygens (including phenoxy) is 1. The van der Waals surface area contributed by atoms with E-state index in [1.54, 1.807) is 50.2 Å². The third-order valence-electron chi connectivity index (χ3n) is 14.7. The van der Waals surface area contributed by atoms with E-state index in [-0.39, 0.29) is 62.0 Å². The zero-order valence-corrected chi connectivity index (χ0v) is 42.5. The lowest BCUT2D eigenvalue weighted by Crippen LogP contribution is -2.44. The van der Waals surface area contributed by atoms with Crippen molar-refractivity contribution in [3.63, 3.8) is 0 Å². The van der Waals surface area contributed by atoms with Gasteiger partial charge in [0.2, 0.25) is 23.6 Å². The number of aliphatic carboxylic acids is 1. The Morgan fingerprint density at radius 2 is 1.61 bits per heavy atom. The number of esters is 1. The van der Waals surface area contributed by atoms with Crippen LogP contribution in [0, 0.1) is 18.7 Å². The van der Waals surface area contributed by atoms with Crippen molar-refractivity contribution in [3.05, 3.63) is 110 Å². The number of benzene rings is 2. The highest BCUT2D eigenvalue weighted by Crippen LogP contribution is 2.46. The number of hydrogen-bond donors (Lipinski definition) is 6. The average Bonchev–Trinajstić information content (AvgIpc) is 4.21. The highest BCUT2D eigenvalue weighted by molar-refractivity contribution is 6.12. The lowest BCUT2D eigenvalue weighted by atomic mass is 9.81. The van der Waals surface area contributed by atoms with Gasteiger partial charge in [0.25, 0.3) is 17.4 Å². The number of nitrogens with zero attached hydrogens (tertiary/aromatic N) is 3. The second-order valence-corrected chi connectivity index (χ2v) is 19.8. The number of cyclic esters (lactones) is 1. The number of aliphatic hydroxyl groups is 1. The van der Waals surface area contributed by atoms with Crippen LogP contribution < -0.4 is 26.8 Å². The van der Waals surface area contributed by atoms with E-state index in [4.69, 9.17) is 9.72 Å². The molecule has 0 saturated carbocycles. The second kappa shape index (κ2) is 23.3. The van der Waals surface area contributed by atoms with Crippen LogP contribution in [0.4, 0.5) is 4.39 Å². The monoisotopic (exact) mass is 1060 g/mol. The Morgan fingerprint density at radius 1 is 0.870 bits per heavy atom. The first-order chi connectivity index (χ1) is 36.8. The molecule has 1 aliphatic carbocycles. The van der Waals surface area contributed by atoms with E-state index in [1.165, 1.54) is 22.8 Å². The fourth-order valence-electron chi connectivity index (χ4n) is 10.5. The molecule has 77 heavy (non-hydrogen) atoms. The number of amides is 6. The van der Waals surface area contributed by atoms with Gasteiger partial charge in [-0.05, 0) is 73.8 Å². The summed E-state index contributed by atoms with van der Waals surface area (Å²) in [6.07, 6.45) is 2.27. The van der Waals surface area contributed by atoms with Crippen LogP contribution in [0.1, 0.15) is 116 Å². The molecule has 404 valence electrons. The van der Waals surface area contributed by atoms with Crippen molar-refractivity contribution in [2.45, 2.75) is 122 Å². The van der Waals surface area contributed by atoms with Crippen LogP contribution in [0.15, 0.2) is 59.4 Å². The van der Waals surface area contributed by atoms with E-state index in [0.717, 1.165) is 4.90 Å². The molecule has 6 amide bonds. The summed E-state index contributed by atoms with van der Waals surface area (Å²) in [6, 6.07) is 9.56. The topological polar surface area (TPSA) is 307 Å². The molecule has 8 rings (SSSR count). The van der Waals surface area contributed by atoms with Gasteiger partial charge in [0, 0.05) is 72.9 Å². The summed E-state index contributed by atoms with van der Waals surface area (Å²) in [4.78, 5) is 147. The maximum absolute atomic E-state index is 15.5. The molecule has 22 heteroatoms. The van der Waals surface area contributed by atoms with E-state index in [1.807, 2.05) is 0 Å². The minimum Gasteiger partial charge on any atom is -0.481 e. The van der Waals surface area contributed by atoms with Crippen LogP contribution in [0.5, 0.6) is 0 Å². The zero-order valence-electron chi connectivity index (χ0n) is 42.5. The number of fused-ring (bicyclic) bond motifs is 5. The number of carboxylic acids is 1. The van der Waals surface area contributed by atoms with Gasteiger partial charge in [-0.2, -0.15) is 0 Å². The van der Waals surface area contributed by atoms with Gasteiger partial charge in [0.1, 0.15) is 12.4 Å². The maximum atomic E-state index is 15.5. The van der Waals surface area contributed by atoms with Crippen molar-refractivity contribution in [1.82, 2.24) is 35.7 Å². The first kappa shape index (κ1) is 55.0. The molecule has 0 bridgehead atoms. The molecule has 5 heterocycles. The van der Waals surface area contributed by atoms with Crippen LogP contribution in [-0.4, -0.2) is 109 Å². The molecule has 4 atom stereocenters. The normalized spacial score (nSPS) is 17.7. The molecule has 0 unspecified atom stereocenters. The number of ketones is 2. The number of carboxylic acid groups (broad SMARTS) is 1. The number of pyridine rings is 2. The molecule has 2 aromatic heterocycles. The van der Waals surface area contributed by atoms with Gasteiger partial charge in [0.05, 0.1) is 60.6 Å². The molecule has 3 aliphatic heterocycles. The van der Waals surface area contributed by atoms with Gasteiger partial charge in [-0.15, -0.1) is 0 Å². The largest absolute Gasteiger partial charge is 0.481 e. The van der Waals surface area contributed by atoms with Crippen LogP contribution in [0.25, 0.3) is 22.3 Å². The van der Waals surface area contributed by atoms with E-state index in [0.29, 0.717) is 76.7 Å². The minimum absolute atomic E-state index is 0.0195. The summed E-state index contributed by atoms with van der Waals surface area (Å²) in [6.45, 7) is 2.09. The fourth-order valence-corrected chi connectivity index (χ4v) is 10.5. The Bertz CT molecular complexity index is 3210. The molecule has 0 spiro atoms. The van der Waals surface area contributed by atoms with E-state index >= 15 is 4.39 Å². The lowest BCUT2D eigenvalue weighted by Gasteiger charge is -2.31. The average molecular weight is 1060 g/mol. The van der Waals surface area contributed by atoms with Crippen LogP contribution in [0.3, 0.4) is 0 Å². The molecule has 21 nitrogen and oxygen atoms in total. The molecule has 6 N–H and O–H groups in total. The number of unbranched alkanes of at least 4 members (excludes halogenated alkanes) is 2. The number of hydrogen-bond acceptors (Lipinski definition) is 14. The van der Waals surface area contributed by atoms with Gasteiger partial charge in [0.15, 0.2) is 17.2 Å². The van der Waals surface area contributed by atoms with Crippen molar-refractivity contribution in [2.24, 2.45) is 5.92 Å². The zero-order chi connectivity index (χ0) is 55.3. The summed E-state index contributed by atoms with van der Waals surface area (Å²) in [5.74, 6) is -8.35. The maximum Gasteiger partial charge on any atom is 0.343 e. The Hall–Kier alpha value is -8.27. The number of carbonyl (C=O) groups excluding carboxylic acids is 9. The van der Waals surface area contributed by atoms with Gasteiger partial charge in [-0.25, -0.2) is 14.2 Å². The van der Waals surface area contributed by atoms with Crippen molar-refractivity contribution in [3.8, 4) is 11.4 Å². The van der Waals surface area contributed by atoms with Gasteiger partial charge >= 0.3 is 11.9 Å². The van der Waals surface area contributed by atoms with E-state index in [9.17, 15) is 63.0 Å². The number of aromatic nitrogens is 2. The lowest BCUT2D eigenvalue weighted by molar-refractivity contribution is -0.172. The van der Waals surface area contributed by atoms with Gasteiger partial charge in [-0.3, -0.25) is 52.8 Å². The minimum atomic E-state index is -2.08. The summed E-state index contributed by atoms with van der Waals surface area (Å²) >= 11 is 0. The Labute approximate surface area is 440 Å². The predicted molar refractivity (Wildman–Crippen MR) is 270 cm³/mol. The molecule has 0 fully saturated rings. The Kier molecular flexibility index (Phi) is 16.6. The van der Waals surface area contributed by atoms with Crippen molar-refractivity contribution in [2.75, 3.05) is 19.6 Å². The first-order valence-electron chi connectivity index (χ1n) is 25.6. The highest BCUT2D eigenvalue weighted by Gasteiger charge is 2.46. The SMILES string of the molecule is CC[C@@]1(O)C(=O)OCc2c1cc1n(c2=O)Cc2c-1nc1cc(F)c(C)c3c1c2[C@@H](NC(=O)CNC(=O)[C@@H](CC(=O)CNC(=O)CCC(=O)[C@@H](CC(=O)O)NC(=O)CCCCCN1C(=O)C=CC1=O)Cc1ccccc1)CC3. The number of rotatable bonds is 24. The number of halogens is 1. The molecule has 2 aromatic carbocycles. The predicted octanol–water partition coefficient (Wildman–Crippen LogP) is 2.48. The summed E-state index contributed by atoms with van der Waals surface area (Å²) in [5, 5.41) is 31.9. The summed E-state index contributed by atoms with van der Waals surface area (Å²) in [5.41, 5.74) is 1.60. The number of aryl methyl sites for hydroxylation is 1. The summed E-state index contributed by atoms with van der Waals surface area (Å²) in [7, 11) is 0. The smallest absolute Gasteiger partial charge is 0.343 e.